The van der Waals surface area contributed by atoms with E-state index in [9.17, 15) is 19.5 Å². The van der Waals surface area contributed by atoms with Gasteiger partial charge >= 0.3 is 0 Å². The number of hydrogen-bond acceptors (Lipinski definition) is 7. The molecule has 9 nitrogen and oxygen atoms in total. The highest BCUT2D eigenvalue weighted by Crippen LogP contribution is 2.25. The summed E-state index contributed by atoms with van der Waals surface area (Å²) in [5.41, 5.74) is 12.2. The standard InChI is InChI=1S/C33H40N4O5S/c1-20-13-21(2)31(22(3)14-20)42-17-29(38)36-27(15-24-9-6-5-7-10-24)30(39)33(41)37-19-43-18-28(37)32(40)35-16-25-11-8-12-26(34)23(25)4/h5-14,27-28,30,39H,15-19,34H2,1-4H3,(H,35,40)(H,36,38)/t27-,28-,30-/m0/s1. The van der Waals surface area contributed by atoms with E-state index in [1.54, 1.807) is 6.07 Å². The van der Waals surface area contributed by atoms with Gasteiger partial charge in [-0.2, -0.15) is 0 Å². The first kappa shape index (κ1) is 31.9. The van der Waals surface area contributed by atoms with Crippen LogP contribution in [0, 0.1) is 27.7 Å². The van der Waals surface area contributed by atoms with Crippen molar-refractivity contribution in [2.24, 2.45) is 0 Å². The van der Waals surface area contributed by atoms with Gasteiger partial charge in [0, 0.05) is 18.0 Å². The average Bonchev–Trinajstić information content (AvgIpc) is 3.47. The zero-order valence-electron chi connectivity index (χ0n) is 25.1. The Balaban J connectivity index is 1.44. The fraction of sp³-hybridized carbons (Fsp3) is 0.364. The Morgan fingerprint density at radius 2 is 1.74 bits per heavy atom. The van der Waals surface area contributed by atoms with Crippen LogP contribution < -0.4 is 21.1 Å². The molecule has 1 fully saturated rings. The molecular weight excluding hydrogens is 564 g/mol. The molecule has 0 unspecified atom stereocenters. The predicted molar refractivity (Wildman–Crippen MR) is 170 cm³/mol. The molecule has 0 bridgehead atoms. The summed E-state index contributed by atoms with van der Waals surface area (Å²) in [6, 6.07) is 17.1. The molecule has 0 saturated carbocycles. The third kappa shape index (κ3) is 8.09. The monoisotopic (exact) mass is 604 g/mol. The van der Waals surface area contributed by atoms with Crippen LogP contribution in [0.1, 0.15) is 33.4 Å². The lowest BCUT2D eigenvalue weighted by Crippen LogP contribution is -2.56. The summed E-state index contributed by atoms with van der Waals surface area (Å²) in [5.74, 6) is -0.0974. The molecule has 1 saturated heterocycles. The molecule has 3 amide bonds. The number of nitrogens with one attached hydrogen (secondary N) is 2. The number of nitrogens with zero attached hydrogens (tertiary/aromatic N) is 1. The maximum atomic E-state index is 13.6. The van der Waals surface area contributed by atoms with Gasteiger partial charge in [0.15, 0.2) is 12.7 Å². The van der Waals surface area contributed by atoms with Crippen molar-refractivity contribution in [1.82, 2.24) is 15.5 Å². The second-order valence-electron chi connectivity index (χ2n) is 11.0. The molecular formula is C33H40N4O5S. The van der Waals surface area contributed by atoms with E-state index in [0.29, 0.717) is 17.2 Å². The van der Waals surface area contributed by atoms with Crippen LogP contribution >= 0.6 is 11.8 Å². The first-order valence-electron chi connectivity index (χ1n) is 14.3. The average molecular weight is 605 g/mol. The number of anilines is 1. The number of carbonyl (C=O) groups excluding carboxylic acids is 3. The molecule has 228 valence electrons. The van der Waals surface area contributed by atoms with Crippen LogP contribution in [0.5, 0.6) is 5.75 Å². The number of amides is 3. The summed E-state index contributed by atoms with van der Waals surface area (Å²) in [6.45, 7) is 7.73. The molecule has 0 aromatic heterocycles. The number of hydrogen-bond donors (Lipinski definition) is 4. The lowest BCUT2D eigenvalue weighted by Gasteiger charge is -2.30. The van der Waals surface area contributed by atoms with E-state index in [2.05, 4.69) is 10.6 Å². The summed E-state index contributed by atoms with van der Waals surface area (Å²) in [7, 11) is 0. The molecule has 1 aliphatic heterocycles. The predicted octanol–water partition coefficient (Wildman–Crippen LogP) is 3.19. The SMILES string of the molecule is Cc1cc(C)c(OCC(=O)N[C@@H](Cc2ccccc2)[C@H](O)C(=O)N2CSC[C@H]2C(=O)NCc2cccc(N)c2C)c(C)c1. The number of rotatable bonds is 11. The van der Waals surface area contributed by atoms with E-state index in [4.69, 9.17) is 10.5 Å². The largest absolute Gasteiger partial charge is 0.483 e. The van der Waals surface area contributed by atoms with Crippen LogP contribution in [-0.4, -0.2) is 64.2 Å². The molecule has 0 aliphatic carbocycles. The van der Waals surface area contributed by atoms with Gasteiger partial charge in [-0.1, -0.05) is 60.2 Å². The fourth-order valence-corrected chi connectivity index (χ4v) is 6.47. The number of aliphatic hydroxyl groups is 1. The van der Waals surface area contributed by atoms with Crippen LogP contribution in [0.2, 0.25) is 0 Å². The Bertz CT molecular complexity index is 1440. The molecule has 3 atom stereocenters. The van der Waals surface area contributed by atoms with Crippen LogP contribution in [0.3, 0.4) is 0 Å². The molecule has 0 spiro atoms. The van der Waals surface area contributed by atoms with Crippen molar-refractivity contribution in [3.05, 3.63) is 94.0 Å². The van der Waals surface area contributed by atoms with Gasteiger partial charge in [-0.25, -0.2) is 0 Å². The normalized spacial score (nSPS) is 15.9. The summed E-state index contributed by atoms with van der Waals surface area (Å²) in [4.78, 5) is 41.2. The number of aliphatic hydroxyl groups excluding tert-OH is 1. The minimum atomic E-state index is -1.57. The van der Waals surface area contributed by atoms with Crippen molar-refractivity contribution in [3.63, 3.8) is 0 Å². The zero-order chi connectivity index (χ0) is 31.1. The maximum Gasteiger partial charge on any atom is 0.258 e. The van der Waals surface area contributed by atoms with Crippen LogP contribution in [0.4, 0.5) is 5.69 Å². The highest BCUT2D eigenvalue weighted by atomic mass is 32.2. The van der Waals surface area contributed by atoms with Gasteiger partial charge < -0.3 is 31.1 Å². The number of nitrogen functional groups attached to an aromatic ring is 1. The van der Waals surface area contributed by atoms with Crippen LogP contribution in [-0.2, 0) is 27.3 Å². The van der Waals surface area contributed by atoms with Gasteiger partial charge in [-0.15, -0.1) is 11.8 Å². The van der Waals surface area contributed by atoms with Gasteiger partial charge in [0.1, 0.15) is 11.8 Å². The topological polar surface area (TPSA) is 134 Å². The Kier molecular flexibility index (Phi) is 10.7. The molecule has 1 aliphatic rings. The second-order valence-corrected chi connectivity index (χ2v) is 12.0. The number of aryl methyl sites for hydroxylation is 3. The highest BCUT2D eigenvalue weighted by molar-refractivity contribution is 7.99. The van der Waals surface area contributed by atoms with Crippen LogP contribution in [0.25, 0.3) is 0 Å². The van der Waals surface area contributed by atoms with Crippen molar-refractivity contribution in [1.29, 1.82) is 0 Å². The molecule has 5 N–H and O–H groups in total. The van der Waals surface area contributed by atoms with E-state index in [-0.39, 0.29) is 31.4 Å². The zero-order valence-corrected chi connectivity index (χ0v) is 25.9. The van der Waals surface area contributed by atoms with E-state index >= 15 is 0 Å². The lowest BCUT2D eigenvalue weighted by atomic mass is 9.99. The van der Waals surface area contributed by atoms with Gasteiger partial charge in [-0.3, -0.25) is 14.4 Å². The van der Waals surface area contributed by atoms with Crippen molar-refractivity contribution in [2.45, 2.75) is 58.8 Å². The maximum absolute atomic E-state index is 13.6. The molecule has 43 heavy (non-hydrogen) atoms. The van der Waals surface area contributed by atoms with Crippen molar-refractivity contribution in [3.8, 4) is 5.75 Å². The summed E-state index contributed by atoms with van der Waals surface area (Å²) < 4.78 is 5.85. The van der Waals surface area contributed by atoms with Crippen molar-refractivity contribution >= 4 is 35.2 Å². The van der Waals surface area contributed by atoms with E-state index in [0.717, 1.165) is 33.4 Å². The van der Waals surface area contributed by atoms with E-state index in [1.807, 2.05) is 82.3 Å². The first-order chi connectivity index (χ1) is 20.5. The third-order valence-corrected chi connectivity index (χ3v) is 8.65. The molecule has 0 radical (unpaired) electrons. The highest BCUT2D eigenvalue weighted by Gasteiger charge is 2.40. The minimum absolute atomic E-state index is 0.217. The number of thioether (sulfide) groups is 1. The molecule has 3 aromatic carbocycles. The fourth-order valence-electron chi connectivity index (χ4n) is 5.30. The van der Waals surface area contributed by atoms with Crippen LogP contribution in [0.15, 0.2) is 60.7 Å². The molecule has 3 aromatic rings. The number of nitrogens with two attached hydrogens (primary N) is 1. The smallest absolute Gasteiger partial charge is 0.258 e. The van der Waals surface area contributed by atoms with E-state index < -0.39 is 30.0 Å². The number of ether oxygens (including phenoxy) is 1. The third-order valence-electron chi connectivity index (χ3n) is 7.64. The molecule has 1 heterocycles. The Hall–Kier alpha value is -4.02. The quantitative estimate of drug-likeness (QED) is 0.247. The lowest BCUT2D eigenvalue weighted by molar-refractivity contribution is -0.146. The summed E-state index contributed by atoms with van der Waals surface area (Å²) in [5, 5.41) is 17.0. The van der Waals surface area contributed by atoms with Gasteiger partial charge in [0.25, 0.3) is 11.8 Å². The first-order valence-corrected chi connectivity index (χ1v) is 15.4. The van der Waals surface area contributed by atoms with Gasteiger partial charge in [-0.05, 0) is 68.0 Å². The summed E-state index contributed by atoms with van der Waals surface area (Å²) in [6.07, 6.45) is -1.36. The van der Waals surface area contributed by atoms with Gasteiger partial charge in [0.05, 0.1) is 11.9 Å². The molecule has 4 rings (SSSR count). The minimum Gasteiger partial charge on any atom is -0.483 e. The van der Waals surface area contributed by atoms with Crippen molar-refractivity contribution < 1.29 is 24.2 Å². The number of carbonyl (C=O) groups is 3. The molecule has 10 heteroatoms. The Labute approximate surface area is 257 Å². The van der Waals surface area contributed by atoms with Gasteiger partial charge in [0.2, 0.25) is 5.91 Å². The van der Waals surface area contributed by atoms with E-state index in [1.165, 1.54) is 16.7 Å². The Morgan fingerprint density at radius 1 is 1.05 bits per heavy atom. The second kappa shape index (κ2) is 14.4. The van der Waals surface area contributed by atoms with Crippen molar-refractivity contribution in [2.75, 3.05) is 24.0 Å². The Morgan fingerprint density at radius 3 is 2.44 bits per heavy atom. The summed E-state index contributed by atoms with van der Waals surface area (Å²) >= 11 is 1.44. The number of benzene rings is 3.